The van der Waals surface area contributed by atoms with Gasteiger partial charge in [0.25, 0.3) is 5.91 Å². The predicted molar refractivity (Wildman–Crippen MR) is 120 cm³/mol. The fraction of sp³-hybridized carbons (Fsp3) is 0.952. The van der Waals surface area contributed by atoms with E-state index in [9.17, 15) is 26.7 Å². The Balaban J connectivity index is 7.07. The van der Waals surface area contributed by atoms with Gasteiger partial charge in [0.05, 0.1) is 0 Å². The molecule has 0 aromatic rings. The fourth-order valence-corrected chi connectivity index (χ4v) is 21.0. The Morgan fingerprint density at radius 2 is 0.833 bits per heavy atom. The van der Waals surface area contributed by atoms with Gasteiger partial charge in [0.1, 0.15) is 0 Å². The van der Waals surface area contributed by atoms with Crippen LogP contribution in [0.4, 0.5) is 22.0 Å². The van der Waals surface area contributed by atoms with Gasteiger partial charge in [0.2, 0.25) is 0 Å². The van der Waals surface area contributed by atoms with Crippen LogP contribution >= 0.6 is 0 Å². The summed E-state index contributed by atoms with van der Waals surface area (Å²) in [5.74, 6) is -7.26. The number of carbonyl (C=O) groups is 1. The second-order valence-electron chi connectivity index (χ2n) is 8.66. The highest BCUT2D eigenvalue weighted by Crippen LogP contribution is 2.45. The molecule has 0 bridgehead atoms. The van der Waals surface area contributed by atoms with Gasteiger partial charge < -0.3 is 4.23 Å². The second-order valence-corrected chi connectivity index (χ2v) is 17.9. The molecule has 0 rings (SSSR count). The average molecular weight is 476 g/mol. The number of hydrogen-bond donors (Lipinski definition) is 0. The van der Waals surface area contributed by atoms with E-state index < -0.39 is 34.5 Å². The molecule has 0 spiro atoms. The van der Waals surface area contributed by atoms with Gasteiger partial charge in [-0.2, -0.15) is 22.0 Å². The molecule has 0 N–H and O–H groups in total. The number of rotatable bonds is 15. The van der Waals surface area contributed by atoms with Crippen molar-refractivity contribution in [2.45, 2.75) is 128 Å². The molecule has 9 heteroatoms. The van der Waals surface area contributed by atoms with Crippen LogP contribution in [-0.4, -0.2) is 38.7 Å². The van der Waals surface area contributed by atoms with E-state index in [1.54, 1.807) is 0 Å². The van der Waals surface area contributed by atoms with Crippen molar-refractivity contribution in [2.75, 3.05) is 0 Å². The molecular weight excluding hydrogens is 433 g/mol. The number of carbonyl (C=O) groups excluding carboxylic acids is 1. The standard InChI is InChI=1S/C21H42F5NOSi2/c1-7-13-29(14-8-2,15-9-3)27(19(28)20(22,23)21(24,25)26)30(16-10-4,17-11-5)18-12-6/h7-18H2,1-6H3. The Morgan fingerprint density at radius 3 is 1.00 bits per heavy atom. The zero-order valence-corrected chi connectivity index (χ0v) is 21.7. The Bertz CT molecular complexity index is 454. The highest BCUT2D eigenvalue weighted by Gasteiger charge is 2.68. The summed E-state index contributed by atoms with van der Waals surface area (Å²) in [5.41, 5.74) is 0. The number of hydrogen-bond acceptors (Lipinski definition) is 1. The zero-order valence-electron chi connectivity index (χ0n) is 19.7. The van der Waals surface area contributed by atoms with Crippen molar-refractivity contribution >= 4 is 22.4 Å². The maximum atomic E-state index is 14.6. The van der Waals surface area contributed by atoms with Gasteiger partial charge in [-0.05, 0) is 36.3 Å². The second kappa shape index (κ2) is 12.6. The molecule has 180 valence electrons. The molecule has 0 aromatic heterocycles. The quantitative estimate of drug-likeness (QED) is 0.172. The van der Waals surface area contributed by atoms with Gasteiger partial charge in [0.15, 0.2) is 16.5 Å². The molecule has 0 atom stereocenters. The van der Waals surface area contributed by atoms with Gasteiger partial charge in [-0.25, -0.2) is 0 Å². The summed E-state index contributed by atoms with van der Waals surface area (Å²) in [6.07, 6.45) is -1.68. The number of halogens is 5. The fourth-order valence-electron chi connectivity index (χ4n) is 5.41. The van der Waals surface area contributed by atoms with E-state index >= 15 is 0 Å². The van der Waals surface area contributed by atoms with Crippen LogP contribution in [0.15, 0.2) is 0 Å². The zero-order chi connectivity index (χ0) is 23.6. The van der Waals surface area contributed by atoms with Crippen molar-refractivity contribution in [1.82, 2.24) is 4.23 Å². The molecule has 0 aliphatic heterocycles. The third kappa shape index (κ3) is 6.53. The lowest BCUT2D eigenvalue weighted by Gasteiger charge is -2.54. The van der Waals surface area contributed by atoms with Crippen LogP contribution in [0.2, 0.25) is 36.3 Å². The van der Waals surface area contributed by atoms with Gasteiger partial charge in [-0.15, -0.1) is 0 Å². The van der Waals surface area contributed by atoms with E-state index in [0.29, 0.717) is 74.8 Å². The van der Waals surface area contributed by atoms with Crippen molar-refractivity contribution < 1.29 is 26.7 Å². The van der Waals surface area contributed by atoms with Gasteiger partial charge in [-0.3, -0.25) is 4.79 Å². The molecule has 1 amide bonds. The average Bonchev–Trinajstić information content (AvgIpc) is 2.62. The molecule has 0 unspecified atom stereocenters. The lowest BCUT2D eigenvalue weighted by Crippen LogP contribution is -2.72. The first-order valence-corrected chi connectivity index (χ1v) is 16.8. The third-order valence-electron chi connectivity index (χ3n) is 6.07. The van der Waals surface area contributed by atoms with E-state index in [-0.39, 0.29) is 0 Å². The van der Waals surface area contributed by atoms with Crippen molar-refractivity contribution in [2.24, 2.45) is 0 Å². The van der Waals surface area contributed by atoms with Crippen LogP contribution in [-0.2, 0) is 4.79 Å². The third-order valence-corrected chi connectivity index (χ3v) is 19.8. The molecule has 0 saturated carbocycles. The molecule has 30 heavy (non-hydrogen) atoms. The lowest BCUT2D eigenvalue weighted by atomic mass is 10.3. The minimum atomic E-state index is -5.86. The van der Waals surface area contributed by atoms with Crippen LogP contribution in [0.3, 0.4) is 0 Å². The monoisotopic (exact) mass is 475 g/mol. The molecule has 0 saturated heterocycles. The molecule has 2 nitrogen and oxygen atoms in total. The summed E-state index contributed by atoms with van der Waals surface area (Å²) >= 11 is 0. The summed E-state index contributed by atoms with van der Waals surface area (Å²) in [7, 11) is -5.72. The Morgan fingerprint density at radius 1 is 0.600 bits per heavy atom. The first-order chi connectivity index (χ1) is 13.9. The van der Waals surface area contributed by atoms with E-state index in [2.05, 4.69) is 0 Å². The maximum absolute atomic E-state index is 14.6. The molecular formula is C21H42F5NOSi2. The van der Waals surface area contributed by atoms with Crippen LogP contribution in [0.5, 0.6) is 0 Å². The van der Waals surface area contributed by atoms with Gasteiger partial charge >= 0.3 is 12.1 Å². The molecule has 0 aliphatic carbocycles. The van der Waals surface area contributed by atoms with E-state index in [0.717, 1.165) is 0 Å². The Labute approximate surface area is 182 Å². The molecule has 0 heterocycles. The smallest absolute Gasteiger partial charge is 0.389 e. The number of alkyl halides is 5. The first kappa shape index (κ1) is 29.6. The minimum absolute atomic E-state index is 0.597. The summed E-state index contributed by atoms with van der Waals surface area (Å²) in [6.45, 7) is 11.7. The normalized spacial score (nSPS) is 13.6. The highest BCUT2D eigenvalue weighted by molar-refractivity contribution is 6.95. The van der Waals surface area contributed by atoms with Gasteiger partial charge in [0, 0.05) is 0 Å². The predicted octanol–water partition coefficient (Wildman–Crippen LogP) is 8.36. The van der Waals surface area contributed by atoms with Crippen LogP contribution in [0, 0.1) is 0 Å². The Hall–Kier alpha value is -0.446. The summed E-state index contributed by atoms with van der Waals surface area (Å²) in [6, 6.07) is 3.58. The largest absolute Gasteiger partial charge is 0.463 e. The van der Waals surface area contributed by atoms with Crippen molar-refractivity contribution in [3.8, 4) is 0 Å². The highest BCUT2D eigenvalue weighted by atomic mass is 28.4. The molecule has 0 aliphatic rings. The lowest BCUT2D eigenvalue weighted by molar-refractivity contribution is -0.271. The SMILES string of the molecule is CCC[Si](CCC)(CCC)N(C(=O)C(F)(F)C(F)(F)F)[Si](CCC)(CCC)CCC. The summed E-state index contributed by atoms with van der Waals surface area (Å²) < 4.78 is 70.7. The number of nitrogens with zero attached hydrogens (tertiary/aromatic N) is 1. The van der Waals surface area contributed by atoms with Crippen LogP contribution in [0.1, 0.15) is 80.1 Å². The molecule has 0 radical (unpaired) electrons. The van der Waals surface area contributed by atoms with E-state index in [4.69, 9.17) is 0 Å². The Kier molecular flexibility index (Phi) is 12.4. The topological polar surface area (TPSA) is 20.3 Å². The van der Waals surface area contributed by atoms with Crippen molar-refractivity contribution in [3.05, 3.63) is 0 Å². The number of amides is 1. The van der Waals surface area contributed by atoms with E-state index in [1.165, 1.54) is 4.23 Å². The molecule has 0 fully saturated rings. The van der Waals surface area contributed by atoms with Crippen LogP contribution < -0.4 is 0 Å². The summed E-state index contributed by atoms with van der Waals surface area (Å²) in [4.78, 5) is 13.3. The minimum Gasteiger partial charge on any atom is -0.389 e. The van der Waals surface area contributed by atoms with Crippen molar-refractivity contribution in [3.63, 3.8) is 0 Å². The van der Waals surface area contributed by atoms with Crippen molar-refractivity contribution in [1.29, 1.82) is 0 Å². The first-order valence-electron chi connectivity index (χ1n) is 11.7. The molecule has 0 aromatic carbocycles. The maximum Gasteiger partial charge on any atom is 0.463 e. The van der Waals surface area contributed by atoms with E-state index in [1.807, 2.05) is 41.5 Å². The van der Waals surface area contributed by atoms with Crippen LogP contribution in [0.25, 0.3) is 0 Å². The summed E-state index contributed by atoms with van der Waals surface area (Å²) in [5, 5.41) is 0. The van der Waals surface area contributed by atoms with Gasteiger partial charge in [-0.1, -0.05) is 80.1 Å².